The maximum atomic E-state index is 5.89. The summed E-state index contributed by atoms with van der Waals surface area (Å²) in [7, 11) is -0.875. The minimum absolute atomic E-state index is 0.988. The summed E-state index contributed by atoms with van der Waals surface area (Å²) in [6, 6.07) is 0. The van der Waals surface area contributed by atoms with E-state index in [4.69, 9.17) is 4.43 Å². The van der Waals surface area contributed by atoms with E-state index in [0.717, 1.165) is 0 Å². The predicted molar refractivity (Wildman–Crippen MR) is 65.4 cm³/mol. The highest BCUT2D eigenvalue weighted by atomic mass is 31.3. The molecule has 12 heavy (non-hydrogen) atoms. The summed E-state index contributed by atoms with van der Waals surface area (Å²) in [6.45, 7) is 15.9. The lowest BCUT2D eigenvalue weighted by atomic mass is 10.9. The standard InChI is InChI=1S/C8H21OPSi2/c1-8(9-11(2,3)4)10-12(5,6)7/h1-7H3. The fraction of sp³-hybridized carbons (Fsp3) is 0.875. The van der Waals surface area contributed by atoms with Crippen LogP contribution in [0, 0.1) is 0 Å². The van der Waals surface area contributed by atoms with Crippen LogP contribution in [0.25, 0.3) is 0 Å². The Morgan fingerprint density at radius 2 is 1.42 bits per heavy atom. The highest BCUT2D eigenvalue weighted by molar-refractivity contribution is 7.81. The van der Waals surface area contributed by atoms with Crippen molar-refractivity contribution in [1.82, 2.24) is 0 Å². The van der Waals surface area contributed by atoms with Gasteiger partial charge in [0.2, 0.25) is 0 Å². The Labute approximate surface area is 80.3 Å². The molecular weight excluding hydrogens is 199 g/mol. The summed E-state index contributed by atoms with van der Waals surface area (Å²) >= 11 is 0. The average molecular weight is 220 g/mol. The van der Waals surface area contributed by atoms with Gasteiger partial charge in [0.05, 0.1) is 5.48 Å². The molecule has 0 aromatic heterocycles. The Bertz CT molecular complexity index is 176. The van der Waals surface area contributed by atoms with E-state index >= 15 is 0 Å². The molecule has 0 N–H and O–H groups in total. The molecule has 0 atom stereocenters. The summed E-state index contributed by atoms with van der Waals surface area (Å²) in [5.74, 6) is 0. The van der Waals surface area contributed by atoms with E-state index in [1.54, 1.807) is 0 Å². The van der Waals surface area contributed by atoms with Gasteiger partial charge < -0.3 is 4.43 Å². The van der Waals surface area contributed by atoms with Crippen LogP contribution in [0.2, 0.25) is 39.3 Å². The molecule has 0 aliphatic heterocycles. The fourth-order valence-corrected chi connectivity index (χ4v) is 7.02. The number of hydrogen-bond acceptors (Lipinski definition) is 1. The lowest BCUT2D eigenvalue weighted by molar-refractivity contribution is 0.562. The second kappa shape index (κ2) is 4.18. The molecule has 4 heteroatoms. The zero-order valence-corrected chi connectivity index (χ0v) is 12.2. The molecule has 0 saturated carbocycles. The van der Waals surface area contributed by atoms with Gasteiger partial charge in [0.15, 0.2) is 8.32 Å². The van der Waals surface area contributed by atoms with E-state index in [9.17, 15) is 0 Å². The molecule has 0 aliphatic carbocycles. The predicted octanol–water partition coefficient (Wildman–Crippen LogP) is 3.77. The molecule has 0 bridgehead atoms. The maximum Gasteiger partial charge on any atom is 0.191 e. The second-order valence-corrected chi connectivity index (χ2v) is 19.3. The number of hydrogen-bond donors (Lipinski definition) is 0. The van der Waals surface area contributed by atoms with E-state index in [-0.39, 0.29) is 0 Å². The van der Waals surface area contributed by atoms with Crippen molar-refractivity contribution in [3.05, 3.63) is 0 Å². The van der Waals surface area contributed by atoms with Gasteiger partial charge in [0.25, 0.3) is 0 Å². The zero-order valence-electron chi connectivity index (χ0n) is 9.36. The molecule has 0 amide bonds. The first-order valence-electron chi connectivity index (χ1n) is 4.36. The van der Waals surface area contributed by atoms with Crippen LogP contribution >= 0.6 is 7.75 Å². The molecular formula is C8H21OPSi2. The van der Waals surface area contributed by atoms with Crippen LogP contribution in [0.1, 0.15) is 6.92 Å². The molecule has 0 fully saturated rings. The summed E-state index contributed by atoms with van der Waals surface area (Å²) in [5.41, 5.74) is 1.23. The van der Waals surface area contributed by atoms with Crippen molar-refractivity contribution in [2.75, 3.05) is 0 Å². The fourth-order valence-electron chi connectivity index (χ4n) is 0.938. The van der Waals surface area contributed by atoms with Gasteiger partial charge in [0, 0.05) is 0 Å². The molecule has 1 nitrogen and oxygen atoms in total. The molecule has 0 aliphatic rings. The van der Waals surface area contributed by atoms with Crippen LogP contribution in [0.15, 0.2) is 0 Å². The third-order valence-electron chi connectivity index (χ3n) is 0.947. The smallest absolute Gasteiger partial charge is 0.191 e. The van der Waals surface area contributed by atoms with Gasteiger partial charge in [-0.1, -0.05) is 19.6 Å². The summed E-state index contributed by atoms with van der Waals surface area (Å²) in [6.07, 6.45) is 0. The molecule has 0 radical (unpaired) electrons. The van der Waals surface area contributed by atoms with Crippen LogP contribution < -0.4 is 0 Å². The van der Waals surface area contributed by atoms with E-state index in [1.807, 2.05) is 0 Å². The van der Waals surface area contributed by atoms with Crippen LogP contribution in [0.5, 0.6) is 0 Å². The summed E-state index contributed by atoms with van der Waals surface area (Å²) in [5, 5.41) is 0. The average Bonchev–Trinajstić information content (AvgIpc) is 1.49. The van der Waals surface area contributed by atoms with E-state index < -0.39 is 16.1 Å². The van der Waals surface area contributed by atoms with Crippen molar-refractivity contribution in [3.8, 4) is 0 Å². The maximum absolute atomic E-state index is 5.89. The van der Waals surface area contributed by atoms with Crippen molar-refractivity contribution in [3.63, 3.8) is 0 Å². The van der Waals surface area contributed by atoms with Crippen LogP contribution in [0.3, 0.4) is 0 Å². The van der Waals surface area contributed by atoms with Gasteiger partial charge in [-0.05, 0) is 26.6 Å². The highest BCUT2D eigenvalue weighted by Crippen LogP contribution is 2.21. The Kier molecular flexibility index (Phi) is 4.38. The molecule has 0 aromatic carbocycles. The van der Waals surface area contributed by atoms with Gasteiger partial charge >= 0.3 is 0 Å². The van der Waals surface area contributed by atoms with Gasteiger partial charge in [-0.3, -0.25) is 0 Å². The first-order valence-corrected chi connectivity index (χ1v) is 13.0. The third-order valence-corrected chi connectivity index (χ3v) is 6.07. The van der Waals surface area contributed by atoms with Crippen LogP contribution in [0.4, 0.5) is 0 Å². The molecule has 0 unspecified atom stereocenters. The van der Waals surface area contributed by atoms with Crippen molar-refractivity contribution >= 4 is 29.3 Å². The summed E-state index contributed by atoms with van der Waals surface area (Å²) < 4.78 is 5.89. The normalized spacial score (nSPS) is 15.1. The topological polar surface area (TPSA) is 9.23 Å². The quantitative estimate of drug-likeness (QED) is 0.520. The van der Waals surface area contributed by atoms with E-state index in [1.165, 1.54) is 13.2 Å². The van der Waals surface area contributed by atoms with Crippen LogP contribution in [-0.4, -0.2) is 21.5 Å². The first-order chi connectivity index (χ1) is 5.10. The van der Waals surface area contributed by atoms with E-state index in [0.29, 0.717) is 0 Å². The molecule has 0 rings (SSSR count). The monoisotopic (exact) mass is 220 g/mol. The van der Waals surface area contributed by atoms with Crippen molar-refractivity contribution in [1.29, 1.82) is 0 Å². The minimum Gasteiger partial charge on any atom is -0.386 e. The second-order valence-electron chi connectivity index (χ2n) is 5.02. The van der Waals surface area contributed by atoms with Gasteiger partial charge in [-0.15, -0.1) is 7.75 Å². The molecule has 0 spiro atoms. The lowest BCUT2D eigenvalue weighted by Gasteiger charge is -2.19. The highest BCUT2D eigenvalue weighted by Gasteiger charge is 2.17. The van der Waals surface area contributed by atoms with Gasteiger partial charge in [0.1, 0.15) is 7.74 Å². The largest absolute Gasteiger partial charge is 0.386 e. The first kappa shape index (κ1) is 12.6. The van der Waals surface area contributed by atoms with E-state index in [2.05, 4.69) is 46.2 Å². The molecule has 0 aromatic rings. The van der Waals surface area contributed by atoms with Gasteiger partial charge in [-0.2, -0.15) is 0 Å². The number of rotatable bonds is 3. The van der Waals surface area contributed by atoms with Crippen LogP contribution in [-0.2, 0) is 4.43 Å². The molecule has 0 heterocycles. The Balaban J connectivity index is 4.23. The lowest BCUT2D eigenvalue weighted by Crippen LogP contribution is -2.28. The van der Waals surface area contributed by atoms with Crippen molar-refractivity contribution in [2.45, 2.75) is 46.2 Å². The van der Waals surface area contributed by atoms with Crippen molar-refractivity contribution in [2.24, 2.45) is 0 Å². The Morgan fingerprint density at radius 1 is 1.00 bits per heavy atom. The van der Waals surface area contributed by atoms with Gasteiger partial charge in [-0.25, -0.2) is 0 Å². The Hall–Kier alpha value is 0.564. The Morgan fingerprint density at radius 3 is 1.67 bits per heavy atom. The summed E-state index contributed by atoms with van der Waals surface area (Å²) in [4.78, 5) is 0. The minimum atomic E-state index is -1.34. The third kappa shape index (κ3) is 8.66. The zero-order chi connectivity index (χ0) is 9.99. The van der Waals surface area contributed by atoms with Crippen molar-refractivity contribution < 1.29 is 4.43 Å². The molecule has 72 valence electrons. The SMILES string of the molecule is CC(O[Si](C)(C)C)=P[Si](C)(C)C. The molecule has 0 saturated heterocycles.